The van der Waals surface area contributed by atoms with Crippen LogP contribution in [0.15, 0.2) is 42.6 Å². The molecule has 152 valence electrons. The Morgan fingerprint density at radius 2 is 1.93 bits per heavy atom. The van der Waals surface area contributed by atoms with Gasteiger partial charge >= 0.3 is 0 Å². The van der Waals surface area contributed by atoms with Crippen LogP contribution in [0.5, 0.6) is 0 Å². The van der Waals surface area contributed by atoms with E-state index in [0.717, 1.165) is 12.0 Å². The first kappa shape index (κ1) is 23.2. The lowest BCUT2D eigenvalue weighted by Gasteiger charge is -2.14. The largest absolute Gasteiger partial charge is 0.372 e. The van der Waals surface area contributed by atoms with Gasteiger partial charge in [0.2, 0.25) is 0 Å². The van der Waals surface area contributed by atoms with E-state index in [-0.39, 0.29) is 23.3 Å². The molecule has 1 unspecified atom stereocenters. The van der Waals surface area contributed by atoms with E-state index in [4.69, 9.17) is 10.5 Å². The monoisotopic (exact) mass is 389 g/mol. The first-order chi connectivity index (χ1) is 13.3. The number of aromatic nitrogens is 1. The van der Waals surface area contributed by atoms with Crippen molar-refractivity contribution >= 4 is 17.5 Å². The highest BCUT2D eigenvalue weighted by Crippen LogP contribution is 2.16. The number of hydrogen-bond donors (Lipinski definition) is 2. The van der Waals surface area contributed by atoms with Gasteiger partial charge in [-0.15, -0.1) is 0 Å². The smallest absolute Gasteiger partial charge is 0.267 e. The standard InChI is InChI=1S/C12H17N3O3.C9H11F/c1-3-4-10(18-2)12(17)15-8-5-6-14-9(7-8)11(13)16;1-7(2)8-5-3-4-6-9(8)10/h5-7,10H,3-4H2,1-2H3,(H2,13,16)(H,14,15,17);3-7H,1-2H3. The fourth-order valence-electron chi connectivity index (χ4n) is 2.43. The first-order valence-corrected chi connectivity index (χ1v) is 9.14. The average Bonchev–Trinajstić information content (AvgIpc) is 2.66. The molecule has 2 aromatic rings. The molecule has 1 atom stereocenters. The van der Waals surface area contributed by atoms with E-state index >= 15 is 0 Å². The quantitative estimate of drug-likeness (QED) is 0.751. The van der Waals surface area contributed by atoms with Crippen molar-refractivity contribution in [2.24, 2.45) is 5.73 Å². The van der Waals surface area contributed by atoms with Gasteiger partial charge in [0.15, 0.2) is 0 Å². The van der Waals surface area contributed by atoms with Gasteiger partial charge in [0.05, 0.1) is 0 Å². The Balaban J connectivity index is 0.000000330. The molecule has 0 fully saturated rings. The minimum Gasteiger partial charge on any atom is -0.372 e. The molecule has 0 aliphatic carbocycles. The Morgan fingerprint density at radius 3 is 2.43 bits per heavy atom. The molecule has 7 heteroatoms. The van der Waals surface area contributed by atoms with E-state index in [0.29, 0.717) is 12.1 Å². The summed E-state index contributed by atoms with van der Waals surface area (Å²) in [6.45, 7) is 5.94. The highest BCUT2D eigenvalue weighted by atomic mass is 19.1. The van der Waals surface area contributed by atoms with Gasteiger partial charge in [0, 0.05) is 19.0 Å². The predicted octanol–water partition coefficient (Wildman–Crippen LogP) is 3.88. The summed E-state index contributed by atoms with van der Waals surface area (Å²) >= 11 is 0. The predicted molar refractivity (Wildman–Crippen MR) is 108 cm³/mol. The van der Waals surface area contributed by atoms with E-state index in [1.54, 1.807) is 12.1 Å². The molecule has 0 spiro atoms. The van der Waals surface area contributed by atoms with Crippen molar-refractivity contribution in [3.8, 4) is 0 Å². The van der Waals surface area contributed by atoms with Crippen molar-refractivity contribution in [2.45, 2.75) is 45.6 Å². The molecule has 0 aliphatic heterocycles. The zero-order valence-electron chi connectivity index (χ0n) is 16.7. The van der Waals surface area contributed by atoms with Crippen LogP contribution in [0.25, 0.3) is 0 Å². The number of carbonyl (C=O) groups excluding carboxylic acids is 2. The molecule has 0 bridgehead atoms. The van der Waals surface area contributed by atoms with E-state index in [1.807, 2.05) is 32.9 Å². The highest BCUT2D eigenvalue weighted by Gasteiger charge is 2.17. The zero-order valence-corrected chi connectivity index (χ0v) is 16.7. The van der Waals surface area contributed by atoms with Crippen LogP contribution in [-0.2, 0) is 9.53 Å². The third-order valence-corrected chi connectivity index (χ3v) is 3.93. The molecule has 0 radical (unpaired) electrons. The number of hydrogen-bond acceptors (Lipinski definition) is 4. The molecule has 0 saturated carbocycles. The number of nitrogens with one attached hydrogen (secondary N) is 1. The second-order valence-corrected chi connectivity index (χ2v) is 6.47. The molecule has 1 heterocycles. The molecule has 28 heavy (non-hydrogen) atoms. The summed E-state index contributed by atoms with van der Waals surface area (Å²) in [6, 6.07) is 9.90. The molecule has 2 amide bonds. The number of nitrogens with two attached hydrogens (primary N) is 1. The van der Waals surface area contributed by atoms with E-state index in [1.165, 1.54) is 25.4 Å². The summed E-state index contributed by atoms with van der Waals surface area (Å²) in [7, 11) is 1.49. The molecule has 2 rings (SSSR count). The minimum atomic E-state index is -0.636. The zero-order chi connectivity index (χ0) is 21.1. The maximum absolute atomic E-state index is 12.8. The average molecular weight is 389 g/mol. The van der Waals surface area contributed by atoms with Crippen LogP contribution in [0.2, 0.25) is 0 Å². The third-order valence-electron chi connectivity index (χ3n) is 3.93. The van der Waals surface area contributed by atoms with Gasteiger partial charge in [-0.2, -0.15) is 0 Å². The molecule has 1 aromatic carbocycles. The lowest BCUT2D eigenvalue weighted by molar-refractivity contribution is -0.126. The van der Waals surface area contributed by atoms with Crippen LogP contribution in [0.4, 0.5) is 10.1 Å². The maximum atomic E-state index is 12.8. The normalized spacial score (nSPS) is 11.4. The molecular formula is C21H28FN3O3. The number of carbonyl (C=O) groups is 2. The van der Waals surface area contributed by atoms with Crippen LogP contribution in [-0.4, -0.2) is 30.0 Å². The number of anilines is 1. The molecular weight excluding hydrogens is 361 g/mol. The van der Waals surface area contributed by atoms with Crippen molar-refractivity contribution in [2.75, 3.05) is 12.4 Å². The van der Waals surface area contributed by atoms with Gasteiger partial charge in [-0.25, -0.2) is 4.39 Å². The van der Waals surface area contributed by atoms with Crippen molar-refractivity contribution in [3.05, 3.63) is 59.7 Å². The summed E-state index contributed by atoms with van der Waals surface area (Å²) in [5.74, 6) is -0.706. The number of halogens is 1. The SMILES string of the molecule is CC(C)c1ccccc1F.CCCC(OC)C(=O)Nc1ccnc(C(N)=O)c1. The van der Waals surface area contributed by atoms with Gasteiger partial charge in [0.1, 0.15) is 17.6 Å². The molecule has 1 aromatic heterocycles. The number of ether oxygens (including phenoxy) is 1. The molecule has 0 aliphatic rings. The number of primary amides is 1. The molecule has 3 N–H and O–H groups in total. The number of benzene rings is 1. The second-order valence-electron chi connectivity index (χ2n) is 6.47. The fraction of sp³-hybridized carbons (Fsp3) is 0.381. The lowest BCUT2D eigenvalue weighted by atomic mass is 10.0. The Hall–Kier alpha value is -2.80. The number of pyridine rings is 1. The van der Waals surface area contributed by atoms with Gasteiger partial charge < -0.3 is 15.8 Å². The summed E-state index contributed by atoms with van der Waals surface area (Å²) in [5.41, 5.74) is 6.48. The van der Waals surface area contributed by atoms with Crippen LogP contribution in [0.3, 0.4) is 0 Å². The highest BCUT2D eigenvalue weighted by molar-refractivity contribution is 5.96. The number of nitrogens with zero attached hydrogens (tertiary/aromatic N) is 1. The Bertz CT molecular complexity index is 781. The second kappa shape index (κ2) is 11.8. The summed E-state index contributed by atoms with van der Waals surface area (Å²) in [5, 5.41) is 2.66. The topological polar surface area (TPSA) is 94.3 Å². The van der Waals surface area contributed by atoms with Crippen LogP contribution in [0, 0.1) is 5.82 Å². The Morgan fingerprint density at radius 1 is 1.25 bits per heavy atom. The first-order valence-electron chi connectivity index (χ1n) is 9.14. The van der Waals surface area contributed by atoms with Crippen LogP contribution < -0.4 is 11.1 Å². The minimum absolute atomic E-state index is 0.0995. The van der Waals surface area contributed by atoms with Gasteiger partial charge in [-0.05, 0) is 36.1 Å². The van der Waals surface area contributed by atoms with Crippen molar-refractivity contribution in [1.29, 1.82) is 0 Å². The maximum Gasteiger partial charge on any atom is 0.267 e. The van der Waals surface area contributed by atoms with Gasteiger partial charge in [-0.3, -0.25) is 14.6 Å². The van der Waals surface area contributed by atoms with Crippen LogP contribution in [0.1, 0.15) is 55.6 Å². The van der Waals surface area contributed by atoms with Crippen molar-refractivity contribution < 1.29 is 18.7 Å². The van der Waals surface area contributed by atoms with Crippen molar-refractivity contribution in [3.63, 3.8) is 0 Å². The summed E-state index contributed by atoms with van der Waals surface area (Å²) in [4.78, 5) is 26.6. The van der Waals surface area contributed by atoms with Crippen molar-refractivity contribution in [1.82, 2.24) is 4.98 Å². The lowest BCUT2D eigenvalue weighted by Crippen LogP contribution is -2.29. The number of methoxy groups -OCH3 is 1. The van der Waals surface area contributed by atoms with Gasteiger partial charge in [-0.1, -0.05) is 45.4 Å². The van der Waals surface area contributed by atoms with Gasteiger partial charge in [0.25, 0.3) is 11.8 Å². The molecule has 6 nitrogen and oxygen atoms in total. The van der Waals surface area contributed by atoms with E-state index in [2.05, 4.69) is 10.3 Å². The number of rotatable bonds is 7. The van der Waals surface area contributed by atoms with E-state index in [9.17, 15) is 14.0 Å². The fourth-order valence-corrected chi connectivity index (χ4v) is 2.43. The molecule has 0 saturated heterocycles. The Labute approximate surface area is 165 Å². The third kappa shape index (κ3) is 7.44. The van der Waals surface area contributed by atoms with E-state index < -0.39 is 12.0 Å². The van der Waals surface area contributed by atoms with Crippen LogP contribution >= 0.6 is 0 Å². The number of amides is 2. The summed E-state index contributed by atoms with van der Waals surface area (Å²) < 4.78 is 17.9. The summed E-state index contributed by atoms with van der Waals surface area (Å²) in [6.07, 6.45) is 2.39. The Kier molecular flexibility index (Phi) is 9.81.